The number of rotatable bonds is 4. The van der Waals surface area contributed by atoms with Crippen LogP contribution >= 0.6 is 15.9 Å². The minimum absolute atomic E-state index is 0.253. The van der Waals surface area contributed by atoms with Gasteiger partial charge in [0.1, 0.15) is 0 Å². The maximum Gasteiger partial charge on any atom is 0.255 e. The van der Waals surface area contributed by atoms with E-state index in [1.54, 1.807) is 24.3 Å². The molecule has 2 aromatic carbocycles. The summed E-state index contributed by atoms with van der Waals surface area (Å²) in [4.78, 5) is 12.5. The number of amides is 1. The van der Waals surface area contributed by atoms with E-state index in [2.05, 4.69) is 26.3 Å². The zero-order valence-corrected chi connectivity index (χ0v) is 16.0. The van der Waals surface area contributed by atoms with Gasteiger partial charge in [-0.1, -0.05) is 34.1 Å². The van der Waals surface area contributed by atoms with Crippen molar-refractivity contribution in [3.8, 4) is 6.07 Å². The first-order chi connectivity index (χ1) is 12.5. The molecule has 1 heterocycles. The number of aryl methyl sites for hydroxylation is 1. The number of carbonyl (C=O) groups is 1. The van der Waals surface area contributed by atoms with E-state index in [0.717, 1.165) is 21.4 Å². The highest BCUT2D eigenvalue weighted by Crippen LogP contribution is 2.22. The number of benzene rings is 2. The van der Waals surface area contributed by atoms with Crippen LogP contribution in [0.5, 0.6) is 0 Å². The summed E-state index contributed by atoms with van der Waals surface area (Å²) in [6, 6.07) is 16.7. The van der Waals surface area contributed by atoms with Crippen LogP contribution in [0.4, 0.5) is 5.69 Å². The summed E-state index contributed by atoms with van der Waals surface area (Å²) in [5.41, 5.74) is 4.37. The number of aromatic nitrogens is 2. The molecule has 5 nitrogen and oxygen atoms in total. The van der Waals surface area contributed by atoms with Gasteiger partial charge in [-0.3, -0.25) is 9.48 Å². The molecule has 3 aromatic rings. The van der Waals surface area contributed by atoms with Crippen LogP contribution in [-0.4, -0.2) is 15.7 Å². The first kappa shape index (κ1) is 17.9. The minimum Gasteiger partial charge on any atom is -0.319 e. The molecule has 1 amide bonds. The quantitative estimate of drug-likeness (QED) is 0.693. The molecule has 0 spiro atoms. The molecule has 26 heavy (non-hydrogen) atoms. The van der Waals surface area contributed by atoms with Crippen molar-refractivity contribution in [2.24, 2.45) is 0 Å². The summed E-state index contributed by atoms with van der Waals surface area (Å²) in [5.74, 6) is -0.253. The Morgan fingerprint density at radius 2 is 1.96 bits per heavy atom. The van der Waals surface area contributed by atoms with Crippen LogP contribution in [0.25, 0.3) is 0 Å². The fraction of sp³-hybridized carbons (Fsp3) is 0.150. The third kappa shape index (κ3) is 3.84. The predicted octanol–water partition coefficient (Wildman–Crippen LogP) is 4.43. The number of hydrogen-bond acceptors (Lipinski definition) is 3. The molecule has 0 aliphatic heterocycles. The monoisotopic (exact) mass is 408 g/mol. The summed E-state index contributed by atoms with van der Waals surface area (Å²) in [5, 5.41) is 16.5. The van der Waals surface area contributed by atoms with Gasteiger partial charge in [-0.05, 0) is 49.7 Å². The maximum absolute atomic E-state index is 12.5. The SMILES string of the molecule is Cc1nn(Cc2ccc(Br)cc2)c(C)c1NC(=O)c1cccc(C#N)c1. The van der Waals surface area contributed by atoms with E-state index in [9.17, 15) is 4.79 Å². The van der Waals surface area contributed by atoms with Gasteiger partial charge in [-0.15, -0.1) is 0 Å². The molecule has 1 N–H and O–H groups in total. The van der Waals surface area contributed by atoms with Crippen LogP contribution < -0.4 is 5.32 Å². The van der Waals surface area contributed by atoms with E-state index >= 15 is 0 Å². The van der Waals surface area contributed by atoms with E-state index in [1.165, 1.54) is 0 Å². The second-order valence-corrected chi connectivity index (χ2v) is 6.89. The standard InChI is InChI=1S/C20H17BrN4O/c1-13-19(23-20(26)17-5-3-4-16(10-17)11-22)14(2)25(24-13)12-15-6-8-18(21)9-7-15/h3-10H,12H2,1-2H3,(H,23,26). The number of halogens is 1. The summed E-state index contributed by atoms with van der Waals surface area (Å²) in [6.07, 6.45) is 0. The molecule has 3 rings (SSSR count). The minimum atomic E-state index is -0.253. The molecule has 0 saturated carbocycles. The topological polar surface area (TPSA) is 70.7 Å². The molecule has 0 aliphatic carbocycles. The van der Waals surface area contributed by atoms with E-state index < -0.39 is 0 Å². The molecule has 0 fully saturated rings. The number of nitriles is 1. The van der Waals surface area contributed by atoms with E-state index in [4.69, 9.17) is 5.26 Å². The molecular formula is C20H17BrN4O. The smallest absolute Gasteiger partial charge is 0.255 e. The molecule has 0 aliphatic rings. The van der Waals surface area contributed by atoms with Gasteiger partial charge in [0.05, 0.1) is 35.3 Å². The fourth-order valence-corrected chi connectivity index (χ4v) is 2.97. The average Bonchev–Trinajstić information content (AvgIpc) is 2.91. The predicted molar refractivity (Wildman–Crippen MR) is 104 cm³/mol. The van der Waals surface area contributed by atoms with Crippen molar-refractivity contribution in [1.82, 2.24) is 9.78 Å². The largest absolute Gasteiger partial charge is 0.319 e. The number of carbonyl (C=O) groups excluding carboxylic acids is 1. The van der Waals surface area contributed by atoms with Crippen LogP contribution in [0.1, 0.15) is 32.9 Å². The van der Waals surface area contributed by atoms with Crippen LogP contribution in [0.3, 0.4) is 0 Å². The maximum atomic E-state index is 12.5. The Hall–Kier alpha value is -2.91. The lowest BCUT2D eigenvalue weighted by molar-refractivity contribution is 0.102. The average molecular weight is 409 g/mol. The van der Waals surface area contributed by atoms with Gasteiger partial charge in [0.25, 0.3) is 5.91 Å². The number of hydrogen-bond donors (Lipinski definition) is 1. The first-order valence-electron chi connectivity index (χ1n) is 8.08. The second kappa shape index (κ2) is 7.54. The number of anilines is 1. The van der Waals surface area contributed by atoms with Crippen molar-refractivity contribution in [1.29, 1.82) is 5.26 Å². The highest BCUT2D eigenvalue weighted by Gasteiger charge is 2.15. The van der Waals surface area contributed by atoms with Gasteiger partial charge in [-0.25, -0.2) is 0 Å². The van der Waals surface area contributed by atoms with Gasteiger partial charge in [0.2, 0.25) is 0 Å². The highest BCUT2D eigenvalue weighted by atomic mass is 79.9. The summed E-state index contributed by atoms with van der Waals surface area (Å²) in [6.45, 7) is 4.42. The molecule has 0 atom stereocenters. The summed E-state index contributed by atoms with van der Waals surface area (Å²) >= 11 is 3.43. The lowest BCUT2D eigenvalue weighted by Crippen LogP contribution is -2.13. The van der Waals surface area contributed by atoms with Gasteiger partial charge in [0, 0.05) is 10.0 Å². The van der Waals surface area contributed by atoms with E-state index in [1.807, 2.05) is 48.9 Å². The van der Waals surface area contributed by atoms with E-state index in [0.29, 0.717) is 23.4 Å². The summed E-state index contributed by atoms with van der Waals surface area (Å²) < 4.78 is 2.90. The molecule has 0 bridgehead atoms. The number of nitrogens with zero attached hydrogens (tertiary/aromatic N) is 3. The van der Waals surface area contributed by atoms with Crippen molar-refractivity contribution < 1.29 is 4.79 Å². The van der Waals surface area contributed by atoms with Crippen molar-refractivity contribution in [3.63, 3.8) is 0 Å². The second-order valence-electron chi connectivity index (χ2n) is 5.98. The molecule has 130 valence electrons. The van der Waals surface area contributed by atoms with Crippen molar-refractivity contribution in [2.45, 2.75) is 20.4 Å². The molecule has 1 aromatic heterocycles. The third-order valence-electron chi connectivity index (χ3n) is 4.12. The fourth-order valence-electron chi connectivity index (χ4n) is 2.71. The van der Waals surface area contributed by atoms with Crippen molar-refractivity contribution >= 4 is 27.5 Å². The van der Waals surface area contributed by atoms with Crippen LogP contribution in [0.2, 0.25) is 0 Å². The number of nitrogens with one attached hydrogen (secondary N) is 1. The Kier molecular flexibility index (Phi) is 5.19. The third-order valence-corrected chi connectivity index (χ3v) is 4.65. The van der Waals surface area contributed by atoms with Gasteiger partial charge in [0.15, 0.2) is 0 Å². The van der Waals surface area contributed by atoms with Gasteiger partial charge < -0.3 is 5.32 Å². The highest BCUT2D eigenvalue weighted by molar-refractivity contribution is 9.10. The lowest BCUT2D eigenvalue weighted by atomic mass is 10.1. The summed E-state index contributed by atoms with van der Waals surface area (Å²) in [7, 11) is 0. The van der Waals surface area contributed by atoms with Crippen LogP contribution in [0.15, 0.2) is 53.0 Å². The Morgan fingerprint density at radius 3 is 2.65 bits per heavy atom. The molecule has 0 saturated heterocycles. The molecule has 6 heteroatoms. The molecule has 0 unspecified atom stereocenters. The Bertz CT molecular complexity index is 1000. The van der Waals surface area contributed by atoms with Gasteiger partial charge in [-0.2, -0.15) is 10.4 Å². The Balaban J connectivity index is 1.82. The Morgan fingerprint density at radius 1 is 1.23 bits per heavy atom. The van der Waals surface area contributed by atoms with Gasteiger partial charge >= 0.3 is 0 Å². The van der Waals surface area contributed by atoms with Crippen LogP contribution in [-0.2, 0) is 6.54 Å². The Labute approximate surface area is 160 Å². The van der Waals surface area contributed by atoms with E-state index in [-0.39, 0.29) is 5.91 Å². The first-order valence-corrected chi connectivity index (χ1v) is 8.87. The molecule has 0 radical (unpaired) electrons. The van der Waals surface area contributed by atoms with Crippen LogP contribution in [0, 0.1) is 25.2 Å². The zero-order chi connectivity index (χ0) is 18.7. The lowest BCUT2D eigenvalue weighted by Gasteiger charge is -2.08. The van der Waals surface area contributed by atoms with Crippen molar-refractivity contribution in [2.75, 3.05) is 5.32 Å². The molecular weight excluding hydrogens is 392 g/mol. The zero-order valence-electron chi connectivity index (χ0n) is 14.5. The van der Waals surface area contributed by atoms with Crippen molar-refractivity contribution in [3.05, 3.63) is 81.1 Å². The normalized spacial score (nSPS) is 10.4.